The first kappa shape index (κ1) is 23.0. The van der Waals surface area contributed by atoms with Crippen molar-refractivity contribution in [3.8, 4) is 0 Å². The molecular formula is C24H34O6S. The molecule has 3 N–H and O–H groups in total. The Bertz CT molecular complexity index is 823. The number of fused-ring (bicyclic) bond motifs is 5. The summed E-state index contributed by atoms with van der Waals surface area (Å²) in [6, 6.07) is 0. The van der Waals surface area contributed by atoms with Crippen molar-refractivity contribution in [1.29, 1.82) is 0 Å². The number of Topliss-reactive ketones (excluding diaryl/α,β-unsaturated/α-hetero) is 1. The monoisotopic (exact) mass is 450 g/mol. The summed E-state index contributed by atoms with van der Waals surface area (Å²) in [5.74, 6) is -0.0513. The molecule has 3 saturated carbocycles. The minimum atomic E-state index is -1.47. The summed E-state index contributed by atoms with van der Waals surface area (Å²) in [7, 11) is 0. The maximum Gasteiger partial charge on any atom is 0.304 e. The molecule has 4 unspecified atom stereocenters. The van der Waals surface area contributed by atoms with Crippen LogP contribution in [0.1, 0.15) is 65.2 Å². The SMILES string of the molecule is C[C@]12CCC(=O)C=C1CCC1C2C(O)C[C@@]2(C)C1CC[C@]2(O)C(=O)CSCCC(=O)O. The molecule has 4 rings (SSSR count). The lowest BCUT2D eigenvalue weighted by Gasteiger charge is -2.60. The first-order chi connectivity index (χ1) is 14.5. The number of aliphatic carboxylic acids is 1. The number of aliphatic hydroxyl groups excluding tert-OH is 1. The molecule has 0 saturated heterocycles. The van der Waals surface area contributed by atoms with Gasteiger partial charge in [-0.2, -0.15) is 11.8 Å². The Morgan fingerprint density at radius 2 is 1.94 bits per heavy atom. The quantitative estimate of drug-likeness (QED) is 0.533. The fourth-order valence-corrected chi connectivity index (χ4v) is 8.48. The number of thioether (sulfide) groups is 1. The Balaban J connectivity index is 1.56. The van der Waals surface area contributed by atoms with E-state index < -0.39 is 23.1 Å². The molecular weight excluding hydrogens is 416 g/mol. The van der Waals surface area contributed by atoms with Crippen molar-refractivity contribution < 1.29 is 29.7 Å². The summed E-state index contributed by atoms with van der Waals surface area (Å²) in [5.41, 5.74) is -1.17. The number of carbonyl (C=O) groups excluding carboxylic acids is 2. The topological polar surface area (TPSA) is 112 Å². The van der Waals surface area contributed by atoms with Crippen LogP contribution in [-0.4, -0.2) is 56.1 Å². The van der Waals surface area contributed by atoms with Gasteiger partial charge in [-0.05, 0) is 67.8 Å². The molecule has 6 nitrogen and oxygen atoms in total. The van der Waals surface area contributed by atoms with Crippen LogP contribution < -0.4 is 0 Å². The van der Waals surface area contributed by atoms with Crippen LogP contribution in [0.2, 0.25) is 0 Å². The first-order valence-electron chi connectivity index (χ1n) is 11.5. The molecule has 4 aliphatic rings. The van der Waals surface area contributed by atoms with Crippen molar-refractivity contribution in [2.75, 3.05) is 11.5 Å². The van der Waals surface area contributed by atoms with Gasteiger partial charge in [0.05, 0.1) is 18.3 Å². The summed E-state index contributed by atoms with van der Waals surface area (Å²) < 4.78 is 0. The maximum absolute atomic E-state index is 13.1. The smallest absolute Gasteiger partial charge is 0.304 e. The van der Waals surface area contributed by atoms with Gasteiger partial charge in [0.1, 0.15) is 5.60 Å². The van der Waals surface area contributed by atoms with E-state index in [1.807, 2.05) is 13.0 Å². The predicted octanol–water partition coefficient (Wildman–Crippen LogP) is 3.00. The first-order valence-corrected chi connectivity index (χ1v) is 12.7. The highest BCUT2D eigenvalue weighted by Crippen LogP contribution is 2.67. The van der Waals surface area contributed by atoms with Gasteiger partial charge in [-0.3, -0.25) is 14.4 Å². The molecule has 0 aliphatic heterocycles. The van der Waals surface area contributed by atoms with Crippen molar-refractivity contribution in [3.05, 3.63) is 11.6 Å². The molecule has 3 fully saturated rings. The van der Waals surface area contributed by atoms with E-state index in [9.17, 15) is 24.6 Å². The minimum Gasteiger partial charge on any atom is -0.481 e. The van der Waals surface area contributed by atoms with Gasteiger partial charge >= 0.3 is 5.97 Å². The summed E-state index contributed by atoms with van der Waals surface area (Å²) in [6.45, 7) is 4.17. The van der Waals surface area contributed by atoms with Gasteiger partial charge in [0.2, 0.25) is 0 Å². The summed E-state index contributed by atoms with van der Waals surface area (Å²) in [6.07, 6.45) is 5.76. The number of ketones is 2. The van der Waals surface area contributed by atoms with Crippen molar-refractivity contribution in [2.24, 2.45) is 28.6 Å². The summed E-state index contributed by atoms with van der Waals surface area (Å²) in [5, 5.41) is 31.8. The third kappa shape index (κ3) is 3.51. The molecule has 0 heterocycles. The highest BCUT2D eigenvalue weighted by Gasteiger charge is 2.68. The molecule has 0 spiro atoms. The third-order valence-electron chi connectivity index (χ3n) is 9.20. The van der Waals surface area contributed by atoms with E-state index in [0.29, 0.717) is 25.0 Å². The number of hydrogen-bond acceptors (Lipinski definition) is 6. The molecule has 172 valence electrons. The third-order valence-corrected chi connectivity index (χ3v) is 10.2. The predicted molar refractivity (Wildman–Crippen MR) is 118 cm³/mol. The Morgan fingerprint density at radius 3 is 2.65 bits per heavy atom. The molecule has 0 aromatic rings. The zero-order valence-electron chi connectivity index (χ0n) is 18.4. The number of hydrogen-bond donors (Lipinski definition) is 3. The Morgan fingerprint density at radius 1 is 1.19 bits per heavy atom. The molecule has 7 atom stereocenters. The van der Waals surface area contributed by atoms with Crippen LogP contribution in [0.3, 0.4) is 0 Å². The number of carbonyl (C=O) groups is 3. The maximum atomic E-state index is 13.1. The highest BCUT2D eigenvalue weighted by atomic mass is 32.2. The van der Waals surface area contributed by atoms with Gasteiger partial charge < -0.3 is 15.3 Å². The number of aliphatic hydroxyl groups is 2. The molecule has 7 heteroatoms. The lowest BCUT2D eigenvalue weighted by molar-refractivity contribution is -0.178. The summed E-state index contributed by atoms with van der Waals surface area (Å²) in [4.78, 5) is 35.8. The highest BCUT2D eigenvalue weighted by molar-refractivity contribution is 7.99. The zero-order valence-corrected chi connectivity index (χ0v) is 19.2. The molecule has 4 aliphatic carbocycles. The minimum absolute atomic E-state index is 0.00429. The second kappa shape index (κ2) is 7.99. The fourth-order valence-electron chi connectivity index (χ4n) is 7.59. The second-order valence-corrected chi connectivity index (χ2v) is 11.7. The van der Waals surface area contributed by atoms with Crippen LogP contribution in [0.25, 0.3) is 0 Å². The standard InChI is InChI=1S/C24H34O6S/c1-22-8-5-15(25)11-14(22)3-4-16-17-6-9-24(30,19(27)13-31-10-7-20(28)29)23(17,2)12-18(26)21(16)22/h11,16-18,21,26,30H,3-10,12-13H2,1-2H3,(H,28,29)/t16?,17?,18?,21?,22-,23-,24-/m0/s1. The van der Waals surface area contributed by atoms with Gasteiger partial charge in [-0.15, -0.1) is 0 Å². The normalized spacial score (nSPS) is 44.1. The summed E-state index contributed by atoms with van der Waals surface area (Å²) >= 11 is 1.26. The lowest BCUT2D eigenvalue weighted by Crippen LogP contribution is -2.62. The Hall–Kier alpha value is -1.18. The van der Waals surface area contributed by atoms with E-state index in [2.05, 4.69) is 6.92 Å². The molecule has 0 radical (unpaired) electrons. The van der Waals surface area contributed by atoms with Crippen molar-refractivity contribution in [1.82, 2.24) is 0 Å². The van der Waals surface area contributed by atoms with Gasteiger partial charge in [0.25, 0.3) is 0 Å². The Labute approximate surface area is 187 Å². The molecule has 0 bridgehead atoms. The van der Waals surface area contributed by atoms with Crippen LogP contribution in [0.4, 0.5) is 0 Å². The van der Waals surface area contributed by atoms with Crippen LogP contribution in [0.15, 0.2) is 11.6 Å². The van der Waals surface area contributed by atoms with Gasteiger partial charge in [0.15, 0.2) is 11.6 Å². The van der Waals surface area contributed by atoms with Gasteiger partial charge in [-0.1, -0.05) is 19.4 Å². The average molecular weight is 451 g/mol. The van der Waals surface area contributed by atoms with E-state index >= 15 is 0 Å². The lowest BCUT2D eigenvalue weighted by atomic mass is 9.45. The van der Waals surface area contributed by atoms with E-state index in [-0.39, 0.29) is 46.9 Å². The zero-order chi connectivity index (χ0) is 22.6. The number of carboxylic acids is 1. The number of rotatable bonds is 6. The van der Waals surface area contributed by atoms with E-state index in [4.69, 9.17) is 5.11 Å². The average Bonchev–Trinajstić information content (AvgIpc) is 2.97. The van der Waals surface area contributed by atoms with E-state index in [0.717, 1.165) is 25.7 Å². The molecule has 31 heavy (non-hydrogen) atoms. The van der Waals surface area contributed by atoms with Crippen molar-refractivity contribution in [2.45, 2.75) is 76.9 Å². The Kier molecular flexibility index (Phi) is 5.93. The van der Waals surface area contributed by atoms with Crippen LogP contribution in [0.5, 0.6) is 0 Å². The van der Waals surface area contributed by atoms with Crippen LogP contribution in [0, 0.1) is 28.6 Å². The fraction of sp³-hybridized carbons (Fsp3) is 0.792. The van der Waals surface area contributed by atoms with Crippen molar-refractivity contribution >= 4 is 29.3 Å². The molecule has 0 aromatic heterocycles. The largest absolute Gasteiger partial charge is 0.481 e. The second-order valence-electron chi connectivity index (χ2n) is 10.6. The molecule has 0 aromatic carbocycles. The molecule has 0 amide bonds. The van der Waals surface area contributed by atoms with E-state index in [1.54, 1.807) is 0 Å². The van der Waals surface area contributed by atoms with Gasteiger partial charge in [-0.25, -0.2) is 0 Å². The van der Waals surface area contributed by atoms with E-state index in [1.165, 1.54) is 17.3 Å². The number of carboxylic acid groups (broad SMARTS) is 1. The van der Waals surface area contributed by atoms with Crippen LogP contribution >= 0.6 is 11.8 Å². The number of allylic oxidation sites excluding steroid dienone is 1. The van der Waals surface area contributed by atoms with Gasteiger partial charge in [0, 0.05) is 17.6 Å². The van der Waals surface area contributed by atoms with Crippen LogP contribution in [-0.2, 0) is 14.4 Å². The van der Waals surface area contributed by atoms with Crippen molar-refractivity contribution in [3.63, 3.8) is 0 Å².